The predicted octanol–water partition coefficient (Wildman–Crippen LogP) is 4.11. The van der Waals surface area contributed by atoms with E-state index in [1.165, 1.54) is 24.4 Å². The van der Waals surface area contributed by atoms with Crippen LogP contribution in [0.25, 0.3) is 10.9 Å². The van der Waals surface area contributed by atoms with Crippen LogP contribution < -0.4 is 20.5 Å². The number of hydrogen-bond donors (Lipinski definition) is 2. The average Bonchev–Trinajstić information content (AvgIpc) is 2.88. The van der Waals surface area contributed by atoms with Crippen LogP contribution >= 0.6 is 11.6 Å². The molecule has 1 fully saturated rings. The number of nitrogens with one attached hydrogen (secondary N) is 1. The lowest BCUT2D eigenvalue weighted by molar-refractivity contribution is -0.147. The first-order valence-electron chi connectivity index (χ1n) is 11.2. The first-order valence-corrected chi connectivity index (χ1v) is 11.6. The third kappa shape index (κ3) is 4.86. The Kier molecular flexibility index (Phi) is 7.17. The van der Waals surface area contributed by atoms with Crippen molar-refractivity contribution in [3.05, 3.63) is 59.9 Å². The van der Waals surface area contributed by atoms with Crippen molar-refractivity contribution in [2.24, 2.45) is 5.73 Å². The Morgan fingerprint density at radius 3 is 2.73 bits per heavy atom. The molecule has 0 aliphatic carbocycles. The minimum absolute atomic E-state index is 0.0823. The normalized spacial score (nSPS) is 19.4. The van der Waals surface area contributed by atoms with Gasteiger partial charge in [0.1, 0.15) is 34.6 Å². The number of halogens is 3. The molecule has 0 unspecified atom stereocenters. The van der Waals surface area contributed by atoms with Gasteiger partial charge in [0.25, 0.3) is 0 Å². The summed E-state index contributed by atoms with van der Waals surface area (Å²) in [6.07, 6.45) is 2.48. The van der Waals surface area contributed by atoms with Crippen molar-refractivity contribution in [3.8, 4) is 11.5 Å². The van der Waals surface area contributed by atoms with Crippen molar-refractivity contribution < 1.29 is 27.8 Å². The highest BCUT2D eigenvalue weighted by Gasteiger charge is 2.46. The van der Waals surface area contributed by atoms with Crippen LogP contribution in [-0.2, 0) is 9.59 Å². The molecule has 1 aliphatic rings. The predicted molar refractivity (Wildman–Crippen MR) is 134 cm³/mol. The highest BCUT2D eigenvalue weighted by atomic mass is 35.5. The quantitative estimate of drug-likeness (QED) is 0.348. The number of hydrogen-bond acceptors (Lipinski definition) is 7. The minimum Gasteiger partial charge on any atom is -0.493 e. The number of nitrogens with zero attached hydrogens (tertiary/aromatic N) is 3. The fraction of sp³-hybridized carbons (Fsp3) is 0.280. The van der Waals surface area contributed by atoms with Gasteiger partial charge in [-0.3, -0.25) is 9.59 Å². The number of carbonyl (C=O) groups is 2. The van der Waals surface area contributed by atoms with Gasteiger partial charge in [0, 0.05) is 30.8 Å². The molecule has 0 saturated carbocycles. The number of likely N-dealkylation sites (tertiary alicyclic amines) is 1. The van der Waals surface area contributed by atoms with Gasteiger partial charge in [-0.1, -0.05) is 18.2 Å². The molecule has 9 nitrogen and oxygen atoms in total. The van der Waals surface area contributed by atoms with Crippen molar-refractivity contribution in [1.82, 2.24) is 14.9 Å². The van der Waals surface area contributed by atoms with E-state index in [-0.39, 0.29) is 24.5 Å². The van der Waals surface area contributed by atoms with Crippen molar-refractivity contribution in [2.75, 3.05) is 19.0 Å². The van der Waals surface area contributed by atoms with Crippen molar-refractivity contribution >= 4 is 45.8 Å². The number of ether oxygens (including phenoxy) is 2. The summed E-state index contributed by atoms with van der Waals surface area (Å²) in [6, 6.07) is 5.47. The Morgan fingerprint density at radius 2 is 2.05 bits per heavy atom. The van der Waals surface area contributed by atoms with E-state index in [9.17, 15) is 18.4 Å². The molecule has 1 aliphatic heterocycles. The van der Waals surface area contributed by atoms with Gasteiger partial charge in [0.15, 0.2) is 17.3 Å². The zero-order chi connectivity index (χ0) is 26.9. The molecule has 4 rings (SSSR count). The summed E-state index contributed by atoms with van der Waals surface area (Å²) in [4.78, 5) is 34.4. The molecule has 2 amide bonds. The summed E-state index contributed by atoms with van der Waals surface area (Å²) in [5, 5.41) is 2.62. The molecule has 37 heavy (non-hydrogen) atoms. The largest absolute Gasteiger partial charge is 0.493 e. The van der Waals surface area contributed by atoms with Crippen molar-refractivity contribution in [3.63, 3.8) is 0 Å². The average molecular weight is 532 g/mol. The fourth-order valence-electron chi connectivity index (χ4n) is 4.32. The van der Waals surface area contributed by atoms with Gasteiger partial charge >= 0.3 is 0 Å². The van der Waals surface area contributed by atoms with Gasteiger partial charge in [0.2, 0.25) is 11.8 Å². The molecule has 0 spiro atoms. The van der Waals surface area contributed by atoms with Gasteiger partial charge in [-0.05, 0) is 31.2 Å². The first kappa shape index (κ1) is 26.1. The molecule has 194 valence electrons. The highest BCUT2D eigenvalue weighted by Crippen LogP contribution is 2.38. The van der Waals surface area contributed by atoms with Crippen LogP contribution in [0.3, 0.4) is 0 Å². The Labute approximate surface area is 216 Å². The number of piperidine rings is 1. The number of carbonyl (C=O) groups excluding carboxylic acids is 2. The topological polar surface area (TPSA) is 120 Å². The third-order valence-electron chi connectivity index (χ3n) is 6.37. The fourth-order valence-corrected chi connectivity index (χ4v) is 4.48. The second-order valence-electron chi connectivity index (χ2n) is 8.66. The van der Waals surface area contributed by atoms with E-state index in [2.05, 4.69) is 21.9 Å². The van der Waals surface area contributed by atoms with E-state index in [1.54, 1.807) is 19.1 Å². The van der Waals surface area contributed by atoms with Crippen LogP contribution in [0.4, 0.5) is 20.3 Å². The molecular formula is C25H24ClF2N5O4. The Hall–Kier alpha value is -3.99. The molecule has 1 aromatic heterocycles. The van der Waals surface area contributed by atoms with Gasteiger partial charge < -0.3 is 25.4 Å². The van der Waals surface area contributed by atoms with E-state index < -0.39 is 40.1 Å². The molecule has 1 saturated heterocycles. The number of aromatic nitrogens is 2. The lowest BCUT2D eigenvalue weighted by Crippen LogP contribution is -2.62. The maximum absolute atomic E-state index is 14.5. The molecule has 3 aromatic rings. The lowest BCUT2D eigenvalue weighted by atomic mass is 9.85. The highest BCUT2D eigenvalue weighted by molar-refractivity contribution is 6.31. The molecule has 0 radical (unpaired) electrons. The van der Waals surface area contributed by atoms with Crippen molar-refractivity contribution in [1.29, 1.82) is 0 Å². The van der Waals surface area contributed by atoms with E-state index >= 15 is 0 Å². The molecule has 3 N–H and O–H groups in total. The number of benzene rings is 2. The third-order valence-corrected chi connectivity index (χ3v) is 6.72. The molecular weight excluding hydrogens is 508 g/mol. The summed E-state index contributed by atoms with van der Waals surface area (Å²) < 4.78 is 39.8. The Bertz CT molecular complexity index is 1410. The lowest BCUT2D eigenvalue weighted by Gasteiger charge is -2.44. The van der Waals surface area contributed by atoms with Gasteiger partial charge in [0.05, 0.1) is 18.3 Å². The van der Waals surface area contributed by atoms with E-state index in [0.29, 0.717) is 28.8 Å². The summed E-state index contributed by atoms with van der Waals surface area (Å²) in [6.45, 7) is 5.31. The zero-order valence-electron chi connectivity index (χ0n) is 20.1. The number of fused-ring (bicyclic) bond motifs is 1. The number of primary amides is 1. The maximum atomic E-state index is 14.5. The monoisotopic (exact) mass is 531 g/mol. The van der Waals surface area contributed by atoms with Gasteiger partial charge in [-0.2, -0.15) is 0 Å². The molecule has 12 heteroatoms. The second-order valence-corrected chi connectivity index (χ2v) is 9.03. The summed E-state index contributed by atoms with van der Waals surface area (Å²) in [5.41, 5.74) is 4.76. The standard InChI is InChI=1S/C25H24ClF2N5O4/c1-4-20(34)33-8-7-13(11-25(33,2)24(29)35)37-19-9-14-17(10-18(19)36-3)30-12-31-23(14)32-16-6-5-15(27)21(26)22(16)28/h4-6,9-10,12-13H,1,7-8,11H2,2-3H3,(H2,29,35)(H,30,31,32)/t13-,25-/m1/s1. The van der Waals surface area contributed by atoms with E-state index in [0.717, 1.165) is 12.1 Å². The van der Waals surface area contributed by atoms with Crippen LogP contribution in [0.2, 0.25) is 5.02 Å². The van der Waals surface area contributed by atoms with Crippen LogP contribution in [0, 0.1) is 11.6 Å². The summed E-state index contributed by atoms with van der Waals surface area (Å²) in [7, 11) is 1.46. The minimum atomic E-state index is -1.28. The van der Waals surface area contributed by atoms with Gasteiger partial charge in [-0.25, -0.2) is 18.7 Å². The Balaban J connectivity index is 1.69. The number of anilines is 2. The molecule has 0 bridgehead atoms. The van der Waals surface area contributed by atoms with E-state index in [4.69, 9.17) is 26.8 Å². The number of nitrogens with two attached hydrogens (primary N) is 1. The smallest absolute Gasteiger partial charge is 0.246 e. The number of methoxy groups -OCH3 is 1. The maximum Gasteiger partial charge on any atom is 0.246 e. The van der Waals surface area contributed by atoms with Crippen LogP contribution in [0.5, 0.6) is 11.5 Å². The summed E-state index contributed by atoms with van der Waals surface area (Å²) in [5.74, 6) is -2.03. The first-order chi connectivity index (χ1) is 17.6. The summed E-state index contributed by atoms with van der Waals surface area (Å²) >= 11 is 5.70. The Morgan fingerprint density at radius 1 is 1.30 bits per heavy atom. The van der Waals surface area contributed by atoms with Crippen LogP contribution in [-0.4, -0.2) is 52.0 Å². The zero-order valence-corrected chi connectivity index (χ0v) is 20.8. The number of amides is 2. The van der Waals surface area contributed by atoms with E-state index in [1.807, 2.05) is 0 Å². The SMILES string of the molecule is C=CC(=O)N1CC[C@@H](Oc2cc3c(Nc4ccc(F)c(Cl)c4F)ncnc3cc2OC)C[C@]1(C)C(N)=O. The van der Waals surface area contributed by atoms with Crippen LogP contribution in [0.15, 0.2) is 43.2 Å². The van der Waals surface area contributed by atoms with Crippen molar-refractivity contribution in [2.45, 2.75) is 31.4 Å². The second kappa shape index (κ2) is 10.2. The van der Waals surface area contributed by atoms with Gasteiger partial charge in [-0.15, -0.1) is 0 Å². The number of rotatable bonds is 7. The molecule has 2 heterocycles. The molecule has 2 atom stereocenters. The molecule has 2 aromatic carbocycles. The van der Waals surface area contributed by atoms with Crippen LogP contribution in [0.1, 0.15) is 19.8 Å².